The van der Waals surface area contributed by atoms with Gasteiger partial charge in [-0.3, -0.25) is 4.79 Å². The Balaban J connectivity index is 2.18. The van der Waals surface area contributed by atoms with Gasteiger partial charge in [-0.25, -0.2) is 8.42 Å². The first kappa shape index (κ1) is 17.9. The SMILES string of the molecule is CNCC1CCN(S(=O)(=O)c2ccc(C)c(NC(C)=O)c2)CC1. The molecule has 1 fully saturated rings. The molecule has 0 spiro atoms. The van der Waals surface area contributed by atoms with Crippen molar-refractivity contribution in [3.8, 4) is 0 Å². The van der Waals surface area contributed by atoms with Crippen LogP contribution in [0.25, 0.3) is 0 Å². The number of hydrogen-bond acceptors (Lipinski definition) is 4. The lowest BCUT2D eigenvalue weighted by atomic mass is 9.98. The summed E-state index contributed by atoms with van der Waals surface area (Å²) in [5, 5.41) is 5.83. The second-order valence-corrected chi connectivity index (χ2v) is 8.00. The van der Waals surface area contributed by atoms with Crippen LogP contribution in [-0.4, -0.2) is 45.3 Å². The smallest absolute Gasteiger partial charge is 0.243 e. The summed E-state index contributed by atoms with van der Waals surface area (Å²) in [5.74, 6) is 0.315. The zero-order chi connectivity index (χ0) is 17.0. The van der Waals surface area contributed by atoms with Gasteiger partial charge >= 0.3 is 0 Å². The third-order valence-corrected chi connectivity index (χ3v) is 6.12. The van der Waals surface area contributed by atoms with Gasteiger partial charge in [-0.2, -0.15) is 4.31 Å². The first-order valence-electron chi connectivity index (χ1n) is 7.87. The summed E-state index contributed by atoms with van der Waals surface area (Å²) in [5.41, 5.74) is 1.38. The number of amides is 1. The van der Waals surface area contributed by atoms with Gasteiger partial charge in [0, 0.05) is 25.7 Å². The van der Waals surface area contributed by atoms with Crippen molar-refractivity contribution in [1.29, 1.82) is 0 Å². The first-order chi connectivity index (χ1) is 10.8. The molecular weight excluding hydrogens is 314 g/mol. The lowest BCUT2D eigenvalue weighted by Crippen LogP contribution is -2.40. The predicted molar refractivity (Wildman–Crippen MR) is 90.9 cm³/mol. The van der Waals surface area contributed by atoms with E-state index in [0.29, 0.717) is 24.7 Å². The Kier molecular flexibility index (Phi) is 5.78. The molecule has 1 aliphatic heterocycles. The summed E-state index contributed by atoms with van der Waals surface area (Å²) >= 11 is 0. The van der Waals surface area contributed by atoms with Gasteiger partial charge < -0.3 is 10.6 Å². The van der Waals surface area contributed by atoms with E-state index in [2.05, 4.69) is 10.6 Å². The highest BCUT2D eigenvalue weighted by Crippen LogP contribution is 2.26. The fourth-order valence-electron chi connectivity index (χ4n) is 2.88. The minimum atomic E-state index is -3.51. The second kappa shape index (κ2) is 7.42. The number of carbonyl (C=O) groups is 1. The Bertz CT molecular complexity index is 665. The minimum Gasteiger partial charge on any atom is -0.326 e. The molecule has 2 rings (SSSR count). The number of nitrogens with zero attached hydrogens (tertiary/aromatic N) is 1. The van der Waals surface area contributed by atoms with Crippen molar-refractivity contribution in [2.45, 2.75) is 31.6 Å². The van der Waals surface area contributed by atoms with Gasteiger partial charge in [0.25, 0.3) is 0 Å². The summed E-state index contributed by atoms with van der Waals surface area (Å²) in [6.45, 7) is 5.25. The van der Waals surface area contributed by atoms with E-state index in [1.54, 1.807) is 22.5 Å². The highest BCUT2D eigenvalue weighted by molar-refractivity contribution is 7.89. The molecule has 0 aromatic heterocycles. The number of hydrogen-bond donors (Lipinski definition) is 2. The molecule has 7 heteroatoms. The average Bonchev–Trinajstić information content (AvgIpc) is 2.50. The van der Waals surface area contributed by atoms with Crippen molar-refractivity contribution >= 4 is 21.6 Å². The molecule has 128 valence electrons. The maximum atomic E-state index is 12.8. The fourth-order valence-corrected chi connectivity index (χ4v) is 4.37. The molecule has 6 nitrogen and oxygen atoms in total. The van der Waals surface area contributed by atoms with Crippen LogP contribution in [0.15, 0.2) is 23.1 Å². The van der Waals surface area contributed by atoms with Gasteiger partial charge in [-0.05, 0) is 57.0 Å². The predicted octanol–water partition coefficient (Wildman–Crippen LogP) is 1.57. The number of aryl methyl sites for hydroxylation is 1. The summed E-state index contributed by atoms with van der Waals surface area (Å²) in [6, 6.07) is 4.88. The van der Waals surface area contributed by atoms with E-state index < -0.39 is 10.0 Å². The van der Waals surface area contributed by atoms with Gasteiger partial charge in [0.05, 0.1) is 4.90 Å². The number of piperidine rings is 1. The number of sulfonamides is 1. The summed E-state index contributed by atoms with van der Waals surface area (Å²) in [4.78, 5) is 11.5. The van der Waals surface area contributed by atoms with Crippen LogP contribution in [-0.2, 0) is 14.8 Å². The van der Waals surface area contributed by atoms with Crippen molar-refractivity contribution in [3.05, 3.63) is 23.8 Å². The van der Waals surface area contributed by atoms with Crippen molar-refractivity contribution in [1.82, 2.24) is 9.62 Å². The normalized spacial score (nSPS) is 17.2. The Hall–Kier alpha value is -1.44. The van der Waals surface area contributed by atoms with Crippen molar-refractivity contribution < 1.29 is 13.2 Å². The van der Waals surface area contributed by atoms with Crippen LogP contribution in [0.2, 0.25) is 0 Å². The van der Waals surface area contributed by atoms with Crippen LogP contribution in [0.4, 0.5) is 5.69 Å². The maximum absolute atomic E-state index is 12.8. The van der Waals surface area contributed by atoms with Crippen molar-refractivity contribution in [3.63, 3.8) is 0 Å². The standard InChI is InChI=1S/C16H25N3O3S/c1-12-4-5-15(10-16(12)18-13(2)20)23(21,22)19-8-6-14(7-9-19)11-17-3/h4-5,10,14,17H,6-9,11H2,1-3H3,(H,18,20). The molecule has 1 aromatic carbocycles. The molecule has 0 aliphatic carbocycles. The van der Waals surface area contributed by atoms with Crippen LogP contribution in [0, 0.1) is 12.8 Å². The van der Waals surface area contributed by atoms with Gasteiger partial charge in [-0.15, -0.1) is 0 Å². The summed E-state index contributed by atoms with van der Waals surface area (Å²) < 4.78 is 27.1. The second-order valence-electron chi connectivity index (χ2n) is 6.06. The number of benzene rings is 1. The zero-order valence-corrected chi connectivity index (χ0v) is 14.7. The molecule has 2 N–H and O–H groups in total. The Morgan fingerprint density at radius 3 is 2.52 bits per heavy atom. The van der Waals surface area contributed by atoms with Crippen LogP contribution in [0.5, 0.6) is 0 Å². The molecule has 0 unspecified atom stereocenters. The molecule has 0 radical (unpaired) electrons. The average molecular weight is 339 g/mol. The zero-order valence-electron chi connectivity index (χ0n) is 13.9. The third-order valence-electron chi connectivity index (χ3n) is 4.22. The third kappa shape index (κ3) is 4.31. The molecule has 23 heavy (non-hydrogen) atoms. The Morgan fingerprint density at radius 1 is 1.30 bits per heavy atom. The highest BCUT2D eigenvalue weighted by Gasteiger charge is 2.29. The highest BCUT2D eigenvalue weighted by atomic mass is 32.2. The topological polar surface area (TPSA) is 78.5 Å². The Labute approximate surface area is 138 Å². The van der Waals surface area contributed by atoms with Crippen LogP contribution in [0.1, 0.15) is 25.3 Å². The lowest BCUT2D eigenvalue weighted by Gasteiger charge is -2.31. The molecule has 1 heterocycles. The quantitative estimate of drug-likeness (QED) is 0.854. The van der Waals surface area contributed by atoms with E-state index in [1.165, 1.54) is 6.92 Å². The molecule has 0 saturated carbocycles. The van der Waals surface area contributed by atoms with Gasteiger partial charge in [0.1, 0.15) is 0 Å². The van der Waals surface area contributed by atoms with E-state index in [1.807, 2.05) is 14.0 Å². The monoisotopic (exact) mass is 339 g/mol. The van der Waals surface area contributed by atoms with E-state index in [-0.39, 0.29) is 10.8 Å². The van der Waals surface area contributed by atoms with Gasteiger partial charge in [0.15, 0.2) is 0 Å². The molecule has 1 amide bonds. The van der Waals surface area contributed by atoms with Crippen molar-refractivity contribution in [2.24, 2.45) is 5.92 Å². The molecule has 1 aromatic rings. The lowest BCUT2D eigenvalue weighted by molar-refractivity contribution is -0.114. The van der Waals surface area contributed by atoms with E-state index >= 15 is 0 Å². The molecule has 1 aliphatic rings. The van der Waals surface area contributed by atoms with Gasteiger partial charge in [-0.1, -0.05) is 6.07 Å². The maximum Gasteiger partial charge on any atom is 0.243 e. The van der Waals surface area contributed by atoms with E-state index in [4.69, 9.17) is 0 Å². The van der Waals surface area contributed by atoms with Crippen LogP contribution >= 0.6 is 0 Å². The Morgan fingerprint density at radius 2 is 1.96 bits per heavy atom. The van der Waals surface area contributed by atoms with Crippen LogP contribution < -0.4 is 10.6 Å². The number of rotatable bonds is 5. The van der Waals surface area contributed by atoms with Crippen LogP contribution in [0.3, 0.4) is 0 Å². The summed E-state index contributed by atoms with van der Waals surface area (Å²) in [7, 11) is -1.60. The number of anilines is 1. The largest absolute Gasteiger partial charge is 0.326 e. The van der Waals surface area contributed by atoms with E-state index in [9.17, 15) is 13.2 Å². The number of carbonyl (C=O) groups excluding carboxylic acids is 1. The van der Waals surface area contributed by atoms with E-state index in [0.717, 1.165) is 24.9 Å². The van der Waals surface area contributed by atoms with Crippen molar-refractivity contribution in [2.75, 3.05) is 32.0 Å². The molecule has 0 bridgehead atoms. The first-order valence-corrected chi connectivity index (χ1v) is 9.31. The minimum absolute atomic E-state index is 0.212. The molecule has 0 atom stereocenters. The molecular formula is C16H25N3O3S. The molecule has 1 saturated heterocycles. The fraction of sp³-hybridized carbons (Fsp3) is 0.562. The summed E-state index contributed by atoms with van der Waals surface area (Å²) in [6.07, 6.45) is 1.73. The number of nitrogens with one attached hydrogen (secondary N) is 2. The van der Waals surface area contributed by atoms with Gasteiger partial charge in [0.2, 0.25) is 15.9 Å².